The summed E-state index contributed by atoms with van der Waals surface area (Å²) in [5.74, 6) is 0. The Hall–Kier alpha value is -1.32. The number of benzene rings is 1. The lowest BCUT2D eigenvalue weighted by atomic mass is 10.1. The number of fused-ring (bicyclic) bond motifs is 1. The van der Waals surface area contributed by atoms with Gasteiger partial charge in [-0.3, -0.25) is 4.90 Å². The molecule has 1 N–H and O–H groups in total. The first-order valence-corrected chi connectivity index (χ1v) is 6.72. The first-order valence-electron chi connectivity index (χ1n) is 6.72. The van der Waals surface area contributed by atoms with E-state index in [2.05, 4.69) is 53.2 Å². The molecule has 0 atom stereocenters. The summed E-state index contributed by atoms with van der Waals surface area (Å²) in [7, 11) is 2.13. The van der Waals surface area contributed by atoms with Gasteiger partial charge in [0.2, 0.25) is 0 Å². The Morgan fingerprint density at radius 3 is 2.78 bits per heavy atom. The van der Waals surface area contributed by atoms with Crippen LogP contribution in [0.25, 0.3) is 10.9 Å². The molecule has 0 spiro atoms. The van der Waals surface area contributed by atoms with Crippen LogP contribution in [0.4, 0.5) is 0 Å². The van der Waals surface area contributed by atoms with Crippen LogP contribution in [0.5, 0.6) is 0 Å². The second-order valence-corrected chi connectivity index (χ2v) is 5.30. The second-order valence-electron chi connectivity index (χ2n) is 5.30. The van der Waals surface area contributed by atoms with Gasteiger partial charge < -0.3 is 9.88 Å². The fourth-order valence-corrected chi connectivity index (χ4v) is 2.86. The molecule has 18 heavy (non-hydrogen) atoms. The van der Waals surface area contributed by atoms with Gasteiger partial charge in [-0.25, -0.2) is 0 Å². The van der Waals surface area contributed by atoms with E-state index in [1.165, 1.54) is 22.0 Å². The van der Waals surface area contributed by atoms with Gasteiger partial charge in [0.15, 0.2) is 0 Å². The molecule has 1 saturated heterocycles. The molecular formula is C15H21N3. The molecule has 96 valence electrons. The van der Waals surface area contributed by atoms with Gasteiger partial charge in [-0.2, -0.15) is 0 Å². The van der Waals surface area contributed by atoms with E-state index in [0.29, 0.717) is 0 Å². The van der Waals surface area contributed by atoms with Gasteiger partial charge in [0.25, 0.3) is 0 Å². The zero-order valence-electron chi connectivity index (χ0n) is 11.2. The molecule has 1 aromatic carbocycles. The largest absolute Gasteiger partial charge is 0.350 e. The summed E-state index contributed by atoms with van der Waals surface area (Å²) in [6.07, 6.45) is 2.21. The molecule has 1 aliphatic rings. The van der Waals surface area contributed by atoms with Crippen molar-refractivity contribution in [2.24, 2.45) is 7.05 Å². The van der Waals surface area contributed by atoms with Crippen molar-refractivity contribution in [1.82, 2.24) is 14.8 Å². The van der Waals surface area contributed by atoms with Crippen molar-refractivity contribution < 1.29 is 0 Å². The topological polar surface area (TPSA) is 20.2 Å². The van der Waals surface area contributed by atoms with Gasteiger partial charge in [-0.15, -0.1) is 0 Å². The van der Waals surface area contributed by atoms with Gasteiger partial charge in [0.05, 0.1) is 0 Å². The molecule has 3 rings (SSSR count). The average molecular weight is 243 g/mol. The number of aromatic nitrogens is 1. The van der Waals surface area contributed by atoms with Crippen molar-refractivity contribution in [3.8, 4) is 0 Å². The number of hydrogen-bond acceptors (Lipinski definition) is 2. The van der Waals surface area contributed by atoms with Gasteiger partial charge in [0.1, 0.15) is 0 Å². The van der Waals surface area contributed by atoms with Crippen molar-refractivity contribution in [1.29, 1.82) is 0 Å². The predicted octanol–water partition coefficient (Wildman–Crippen LogP) is 1.89. The van der Waals surface area contributed by atoms with E-state index in [-0.39, 0.29) is 0 Å². The maximum absolute atomic E-state index is 3.40. The summed E-state index contributed by atoms with van der Waals surface area (Å²) in [4.78, 5) is 2.52. The number of nitrogens with one attached hydrogen (secondary N) is 1. The monoisotopic (exact) mass is 243 g/mol. The first kappa shape index (κ1) is 11.8. The Labute approximate surface area is 108 Å². The van der Waals surface area contributed by atoms with E-state index in [9.17, 15) is 0 Å². The molecule has 2 aromatic rings. The molecule has 0 amide bonds. The SMILES string of the molecule is Cc1cn(C)c2cc(CN3CCNCC3)ccc12. The van der Waals surface area contributed by atoms with Crippen LogP contribution in [0.1, 0.15) is 11.1 Å². The third-order valence-electron chi connectivity index (χ3n) is 3.87. The Morgan fingerprint density at radius 2 is 2.00 bits per heavy atom. The average Bonchev–Trinajstić information content (AvgIpc) is 2.66. The van der Waals surface area contributed by atoms with Crippen molar-refractivity contribution >= 4 is 10.9 Å². The summed E-state index contributed by atoms with van der Waals surface area (Å²) in [6, 6.07) is 6.88. The highest BCUT2D eigenvalue weighted by Gasteiger charge is 2.11. The van der Waals surface area contributed by atoms with E-state index in [0.717, 1.165) is 32.7 Å². The summed E-state index contributed by atoms with van der Waals surface area (Å²) >= 11 is 0. The van der Waals surface area contributed by atoms with E-state index >= 15 is 0 Å². The first-order chi connectivity index (χ1) is 8.74. The lowest BCUT2D eigenvalue weighted by Crippen LogP contribution is -2.42. The molecule has 1 aromatic heterocycles. The molecule has 3 heteroatoms. The number of piperazine rings is 1. The van der Waals surface area contributed by atoms with E-state index in [4.69, 9.17) is 0 Å². The summed E-state index contributed by atoms with van der Waals surface area (Å²) in [5, 5.41) is 4.77. The zero-order valence-corrected chi connectivity index (χ0v) is 11.2. The summed E-state index contributed by atoms with van der Waals surface area (Å²) in [5.41, 5.74) is 4.13. The zero-order chi connectivity index (χ0) is 12.5. The van der Waals surface area contributed by atoms with Crippen LogP contribution in [0.3, 0.4) is 0 Å². The quantitative estimate of drug-likeness (QED) is 0.869. The molecule has 1 aliphatic heterocycles. The number of aryl methyl sites for hydroxylation is 2. The maximum atomic E-state index is 3.40. The Kier molecular flexibility index (Phi) is 3.10. The van der Waals surface area contributed by atoms with Gasteiger partial charge in [-0.1, -0.05) is 12.1 Å². The van der Waals surface area contributed by atoms with Crippen LogP contribution in [-0.4, -0.2) is 35.6 Å². The van der Waals surface area contributed by atoms with Crippen molar-refractivity contribution in [3.05, 3.63) is 35.5 Å². The lowest BCUT2D eigenvalue weighted by Gasteiger charge is -2.27. The number of rotatable bonds is 2. The van der Waals surface area contributed by atoms with Gasteiger partial charge >= 0.3 is 0 Å². The van der Waals surface area contributed by atoms with Crippen LogP contribution >= 0.6 is 0 Å². The molecule has 0 unspecified atom stereocenters. The van der Waals surface area contributed by atoms with Crippen LogP contribution in [0.2, 0.25) is 0 Å². The van der Waals surface area contributed by atoms with Crippen LogP contribution in [0, 0.1) is 6.92 Å². The highest BCUT2D eigenvalue weighted by molar-refractivity contribution is 5.84. The molecule has 0 aliphatic carbocycles. The molecule has 2 heterocycles. The van der Waals surface area contributed by atoms with Gasteiger partial charge in [0, 0.05) is 56.9 Å². The third kappa shape index (κ3) is 2.16. The number of nitrogens with zero attached hydrogens (tertiary/aromatic N) is 2. The molecule has 0 radical (unpaired) electrons. The molecule has 3 nitrogen and oxygen atoms in total. The lowest BCUT2D eigenvalue weighted by molar-refractivity contribution is 0.233. The van der Waals surface area contributed by atoms with Crippen molar-refractivity contribution in [2.75, 3.05) is 26.2 Å². The van der Waals surface area contributed by atoms with E-state index in [1.54, 1.807) is 0 Å². The Morgan fingerprint density at radius 1 is 1.22 bits per heavy atom. The Balaban J connectivity index is 1.86. The fraction of sp³-hybridized carbons (Fsp3) is 0.467. The third-order valence-corrected chi connectivity index (χ3v) is 3.87. The minimum absolute atomic E-state index is 1.07. The smallest absolute Gasteiger partial charge is 0.0483 e. The standard InChI is InChI=1S/C15H21N3/c1-12-10-17(2)15-9-13(3-4-14(12)15)11-18-7-5-16-6-8-18/h3-4,9-10,16H,5-8,11H2,1-2H3. The highest BCUT2D eigenvalue weighted by Crippen LogP contribution is 2.21. The summed E-state index contributed by atoms with van der Waals surface area (Å²) in [6.45, 7) is 7.80. The highest BCUT2D eigenvalue weighted by atomic mass is 15.2. The van der Waals surface area contributed by atoms with Crippen molar-refractivity contribution in [2.45, 2.75) is 13.5 Å². The van der Waals surface area contributed by atoms with Gasteiger partial charge in [-0.05, 0) is 24.1 Å². The molecule has 0 bridgehead atoms. The Bertz CT molecular complexity index is 550. The minimum Gasteiger partial charge on any atom is -0.350 e. The van der Waals surface area contributed by atoms with Crippen LogP contribution in [0.15, 0.2) is 24.4 Å². The summed E-state index contributed by atoms with van der Waals surface area (Å²) < 4.78 is 2.23. The number of hydrogen-bond donors (Lipinski definition) is 1. The maximum Gasteiger partial charge on any atom is 0.0483 e. The molecule has 0 saturated carbocycles. The van der Waals surface area contributed by atoms with E-state index < -0.39 is 0 Å². The predicted molar refractivity (Wildman–Crippen MR) is 75.8 cm³/mol. The minimum atomic E-state index is 1.07. The normalized spacial score (nSPS) is 17.4. The molecular weight excluding hydrogens is 222 g/mol. The second kappa shape index (κ2) is 4.75. The van der Waals surface area contributed by atoms with Crippen molar-refractivity contribution in [3.63, 3.8) is 0 Å². The fourth-order valence-electron chi connectivity index (χ4n) is 2.86. The van der Waals surface area contributed by atoms with Crippen LogP contribution < -0.4 is 5.32 Å². The molecule has 1 fully saturated rings. The van der Waals surface area contributed by atoms with E-state index in [1.807, 2.05) is 0 Å². The van der Waals surface area contributed by atoms with Crippen LogP contribution in [-0.2, 0) is 13.6 Å².